The average Bonchev–Trinajstić information content (AvgIpc) is 2.51. The molecule has 6 heteroatoms. The number of halogens is 1. The lowest BCUT2D eigenvalue weighted by Gasteiger charge is -2.35. The van der Waals surface area contributed by atoms with Crippen LogP contribution in [0.3, 0.4) is 0 Å². The van der Waals surface area contributed by atoms with Gasteiger partial charge in [-0.05, 0) is 30.7 Å². The molecular weight excluding hydrogens is 318 g/mol. The average molecular weight is 342 g/mol. The van der Waals surface area contributed by atoms with Gasteiger partial charge in [0.25, 0.3) is 5.24 Å². The molecule has 1 aliphatic rings. The van der Waals surface area contributed by atoms with E-state index in [1.807, 2.05) is 12.1 Å². The molecule has 122 valence electrons. The van der Waals surface area contributed by atoms with Crippen molar-refractivity contribution >= 4 is 29.5 Å². The summed E-state index contributed by atoms with van der Waals surface area (Å²) in [6.07, 6.45) is 1.000. The molecule has 0 atom stereocenters. The van der Waals surface area contributed by atoms with Crippen LogP contribution in [0.2, 0.25) is 5.02 Å². The Hall–Kier alpha value is -0.750. The van der Waals surface area contributed by atoms with Crippen LogP contribution in [-0.2, 0) is 6.54 Å². The molecule has 0 aliphatic carbocycles. The Labute approximate surface area is 143 Å². The summed E-state index contributed by atoms with van der Waals surface area (Å²) in [6, 6.07) is 8.09. The van der Waals surface area contributed by atoms with Gasteiger partial charge in [-0.2, -0.15) is 0 Å². The SMILES string of the molecule is CN(CCCN1CCN(Cc2ccc(Cl)cc2)CC1)C(=O)S. The Kier molecular flexibility index (Phi) is 7.02. The van der Waals surface area contributed by atoms with Crippen LogP contribution in [0.1, 0.15) is 12.0 Å². The van der Waals surface area contributed by atoms with Gasteiger partial charge in [0.2, 0.25) is 0 Å². The highest BCUT2D eigenvalue weighted by Gasteiger charge is 2.16. The van der Waals surface area contributed by atoms with E-state index >= 15 is 0 Å². The number of hydrogen-bond donors (Lipinski definition) is 1. The molecule has 22 heavy (non-hydrogen) atoms. The van der Waals surface area contributed by atoms with Crippen molar-refractivity contribution in [2.45, 2.75) is 13.0 Å². The number of thiol groups is 1. The van der Waals surface area contributed by atoms with E-state index in [1.165, 1.54) is 5.56 Å². The fraction of sp³-hybridized carbons (Fsp3) is 0.562. The van der Waals surface area contributed by atoms with Crippen LogP contribution in [0, 0.1) is 0 Å². The molecule has 1 aromatic rings. The third kappa shape index (κ3) is 5.80. The zero-order valence-electron chi connectivity index (χ0n) is 13.0. The normalized spacial score (nSPS) is 16.7. The van der Waals surface area contributed by atoms with Crippen molar-refractivity contribution in [2.75, 3.05) is 46.3 Å². The first kappa shape index (κ1) is 17.6. The van der Waals surface area contributed by atoms with Gasteiger partial charge in [0.1, 0.15) is 0 Å². The molecule has 1 heterocycles. The van der Waals surface area contributed by atoms with Crippen LogP contribution in [0.15, 0.2) is 24.3 Å². The first-order valence-electron chi connectivity index (χ1n) is 7.68. The highest BCUT2D eigenvalue weighted by molar-refractivity contribution is 7.96. The molecule has 4 nitrogen and oxygen atoms in total. The van der Waals surface area contributed by atoms with E-state index in [4.69, 9.17) is 11.6 Å². The van der Waals surface area contributed by atoms with E-state index < -0.39 is 0 Å². The number of piperazine rings is 1. The van der Waals surface area contributed by atoms with Crippen LogP contribution in [0.4, 0.5) is 4.79 Å². The van der Waals surface area contributed by atoms with Crippen molar-refractivity contribution in [1.82, 2.24) is 14.7 Å². The fourth-order valence-electron chi connectivity index (χ4n) is 2.65. The first-order valence-corrected chi connectivity index (χ1v) is 8.50. The lowest BCUT2D eigenvalue weighted by Crippen LogP contribution is -2.46. The standard InChI is InChI=1S/C16H24ClN3OS/c1-18(16(21)22)7-2-8-19-9-11-20(12-10-19)13-14-3-5-15(17)6-4-14/h3-6H,2,7-13H2,1H3,(H,21,22). The second-order valence-electron chi connectivity index (χ2n) is 5.80. The number of amides is 1. The molecule has 1 fully saturated rings. The first-order chi connectivity index (χ1) is 10.5. The Balaban J connectivity index is 1.65. The zero-order valence-corrected chi connectivity index (χ0v) is 14.7. The number of benzene rings is 1. The summed E-state index contributed by atoms with van der Waals surface area (Å²) >= 11 is 9.73. The van der Waals surface area contributed by atoms with E-state index in [0.29, 0.717) is 0 Å². The molecule has 0 N–H and O–H groups in total. The summed E-state index contributed by atoms with van der Waals surface area (Å²) in [7, 11) is 1.79. The quantitative estimate of drug-likeness (QED) is 0.806. The minimum atomic E-state index is -0.159. The molecular formula is C16H24ClN3OS. The van der Waals surface area contributed by atoms with Crippen molar-refractivity contribution in [3.05, 3.63) is 34.9 Å². The maximum Gasteiger partial charge on any atom is 0.278 e. The summed E-state index contributed by atoms with van der Waals surface area (Å²) in [5.74, 6) is 0. The fourth-order valence-corrected chi connectivity index (χ4v) is 2.87. The summed E-state index contributed by atoms with van der Waals surface area (Å²) in [5, 5.41) is 0.631. The maximum absolute atomic E-state index is 11.0. The van der Waals surface area contributed by atoms with E-state index in [2.05, 4.69) is 34.6 Å². The van der Waals surface area contributed by atoms with Crippen LogP contribution in [-0.4, -0.2) is 66.3 Å². The Morgan fingerprint density at radius 1 is 1.18 bits per heavy atom. The molecule has 1 amide bonds. The second-order valence-corrected chi connectivity index (χ2v) is 6.62. The molecule has 1 aliphatic heterocycles. The molecule has 1 saturated heterocycles. The van der Waals surface area contributed by atoms with Gasteiger partial charge in [-0.15, -0.1) is 0 Å². The van der Waals surface area contributed by atoms with E-state index in [0.717, 1.165) is 57.3 Å². The summed E-state index contributed by atoms with van der Waals surface area (Å²) in [5.41, 5.74) is 1.31. The summed E-state index contributed by atoms with van der Waals surface area (Å²) < 4.78 is 0. The van der Waals surface area contributed by atoms with Crippen molar-refractivity contribution in [3.63, 3.8) is 0 Å². The predicted molar refractivity (Wildman–Crippen MR) is 94.8 cm³/mol. The topological polar surface area (TPSA) is 26.8 Å². The van der Waals surface area contributed by atoms with Crippen LogP contribution in [0.25, 0.3) is 0 Å². The predicted octanol–water partition coefficient (Wildman–Crippen LogP) is 2.83. The van der Waals surface area contributed by atoms with Crippen LogP contribution < -0.4 is 0 Å². The van der Waals surface area contributed by atoms with Crippen LogP contribution in [0.5, 0.6) is 0 Å². The smallest absolute Gasteiger partial charge is 0.278 e. The number of nitrogens with zero attached hydrogens (tertiary/aromatic N) is 3. The largest absolute Gasteiger partial charge is 0.337 e. The molecule has 0 aromatic heterocycles. The highest BCUT2D eigenvalue weighted by atomic mass is 35.5. The Bertz CT molecular complexity index is 475. The number of carbonyl (C=O) groups excluding carboxylic acids is 1. The lowest BCUT2D eigenvalue weighted by atomic mass is 10.2. The summed E-state index contributed by atoms with van der Waals surface area (Å²) in [4.78, 5) is 17.6. The van der Waals surface area contributed by atoms with Gasteiger partial charge in [0.05, 0.1) is 0 Å². The van der Waals surface area contributed by atoms with Gasteiger partial charge in [-0.25, -0.2) is 0 Å². The third-order valence-corrected chi connectivity index (χ3v) is 4.67. The number of carbonyl (C=O) groups is 1. The van der Waals surface area contributed by atoms with Crippen molar-refractivity contribution in [3.8, 4) is 0 Å². The van der Waals surface area contributed by atoms with E-state index in [1.54, 1.807) is 11.9 Å². The molecule has 0 radical (unpaired) electrons. The minimum absolute atomic E-state index is 0.159. The second kappa shape index (κ2) is 8.77. The van der Waals surface area contributed by atoms with Gasteiger partial charge in [0, 0.05) is 51.3 Å². The molecule has 2 rings (SSSR count). The minimum Gasteiger partial charge on any atom is -0.337 e. The van der Waals surface area contributed by atoms with Gasteiger partial charge in [0.15, 0.2) is 0 Å². The lowest BCUT2D eigenvalue weighted by molar-refractivity contribution is 0.124. The van der Waals surface area contributed by atoms with Crippen molar-refractivity contribution < 1.29 is 4.79 Å². The Morgan fingerprint density at radius 3 is 2.36 bits per heavy atom. The molecule has 1 aromatic carbocycles. The Morgan fingerprint density at radius 2 is 1.77 bits per heavy atom. The monoisotopic (exact) mass is 341 g/mol. The molecule has 0 saturated carbocycles. The van der Waals surface area contributed by atoms with E-state index in [-0.39, 0.29) is 5.24 Å². The van der Waals surface area contributed by atoms with Crippen molar-refractivity contribution in [1.29, 1.82) is 0 Å². The number of hydrogen-bond acceptors (Lipinski definition) is 3. The molecule has 0 unspecified atom stereocenters. The van der Waals surface area contributed by atoms with Gasteiger partial charge < -0.3 is 9.80 Å². The van der Waals surface area contributed by atoms with E-state index in [9.17, 15) is 4.79 Å². The molecule has 0 bridgehead atoms. The maximum atomic E-state index is 11.0. The highest BCUT2D eigenvalue weighted by Crippen LogP contribution is 2.13. The van der Waals surface area contributed by atoms with Gasteiger partial charge >= 0.3 is 0 Å². The number of rotatable bonds is 6. The van der Waals surface area contributed by atoms with Gasteiger partial charge in [-0.3, -0.25) is 9.69 Å². The summed E-state index contributed by atoms with van der Waals surface area (Å²) in [6.45, 7) is 7.15. The van der Waals surface area contributed by atoms with Gasteiger partial charge in [-0.1, -0.05) is 36.4 Å². The zero-order chi connectivity index (χ0) is 15.9. The third-order valence-electron chi connectivity index (χ3n) is 4.08. The van der Waals surface area contributed by atoms with Crippen molar-refractivity contribution in [2.24, 2.45) is 0 Å². The van der Waals surface area contributed by atoms with Crippen LogP contribution >= 0.6 is 24.2 Å². The molecule has 0 spiro atoms.